The number of nitrogens with one attached hydrogen (secondary N) is 1. The van der Waals surface area contributed by atoms with Crippen molar-refractivity contribution in [3.8, 4) is 11.5 Å². The number of pyridine rings is 1. The topological polar surface area (TPSA) is 60.5 Å². The van der Waals surface area contributed by atoms with Gasteiger partial charge in [-0.3, -0.25) is 4.79 Å². The minimum absolute atomic E-state index is 0.220. The van der Waals surface area contributed by atoms with Crippen LogP contribution in [0.4, 0.5) is 0 Å². The lowest BCUT2D eigenvalue weighted by molar-refractivity contribution is 0.0946. The Morgan fingerprint density at radius 1 is 1.00 bits per heavy atom. The highest BCUT2D eigenvalue weighted by Crippen LogP contribution is 2.22. The minimum Gasteiger partial charge on any atom is -0.497 e. The minimum atomic E-state index is -0.220. The van der Waals surface area contributed by atoms with Crippen LogP contribution in [-0.2, 0) is 6.54 Å². The summed E-state index contributed by atoms with van der Waals surface area (Å²) < 4.78 is 10.5. The van der Waals surface area contributed by atoms with Crippen molar-refractivity contribution < 1.29 is 14.3 Å². The number of carbonyl (C=O) groups excluding carboxylic acids is 1. The zero-order valence-corrected chi connectivity index (χ0v) is 13.6. The fourth-order valence-corrected chi connectivity index (χ4v) is 2.43. The molecule has 0 aliphatic carbocycles. The maximum Gasteiger partial charge on any atom is 0.270 e. The zero-order valence-electron chi connectivity index (χ0n) is 13.6. The molecule has 0 fully saturated rings. The Kier molecular flexibility index (Phi) is 4.61. The summed E-state index contributed by atoms with van der Waals surface area (Å²) in [4.78, 5) is 16.7. The first-order chi connectivity index (χ1) is 11.7. The van der Waals surface area contributed by atoms with Crippen molar-refractivity contribution in [2.75, 3.05) is 14.2 Å². The number of carbonyl (C=O) groups is 1. The number of fused-ring (bicyclic) bond motifs is 1. The zero-order chi connectivity index (χ0) is 16.9. The van der Waals surface area contributed by atoms with Gasteiger partial charge in [-0.25, -0.2) is 4.98 Å². The Labute approximate surface area is 140 Å². The lowest BCUT2D eigenvalue weighted by Crippen LogP contribution is -2.23. The van der Waals surface area contributed by atoms with E-state index in [0.29, 0.717) is 23.7 Å². The number of rotatable bonds is 5. The number of benzene rings is 2. The van der Waals surface area contributed by atoms with Crippen molar-refractivity contribution in [2.45, 2.75) is 6.54 Å². The molecular formula is C19H18N2O3. The van der Waals surface area contributed by atoms with E-state index in [1.54, 1.807) is 26.4 Å². The van der Waals surface area contributed by atoms with E-state index >= 15 is 0 Å². The normalized spacial score (nSPS) is 10.4. The van der Waals surface area contributed by atoms with Gasteiger partial charge in [-0.05, 0) is 29.8 Å². The van der Waals surface area contributed by atoms with Crippen molar-refractivity contribution >= 4 is 16.8 Å². The van der Waals surface area contributed by atoms with Crippen molar-refractivity contribution in [1.82, 2.24) is 10.3 Å². The summed E-state index contributed by atoms with van der Waals surface area (Å²) in [6.07, 6.45) is 0. The molecule has 0 aliphatic rings. The number of amides is 1. The summed E-state index contributed by atoms with van der Waals surface area (Å²) in [6.45, 7) is 0.362. The molecule has 122 valence electrons. The van der Waals surface area contributed by atoms with Crippen molar-refractivity contribution in [2.24, 2.45) is 0 Å². The van der Waals surface area contributed by atoms with E-state index in [-0.39, 0.29) is 5.91 Å². The number of ether oxygens (including phenoxy) is 2. The quantitative estimate of drug-likeness (QED) is 0.784. The number of aromatic nitrogens is 1. The van der Waals surface area contributed by atoms with Crippen LogP contribution in [-0.4, -0.2) is 25.1 Å². The van der Waals surface area contributed by atoms with Crippen molar-refractivity contribution in [1.29, 1.82) is 0 Å². The predicted octanol–water partition coefficient (Wildman–Crippen LogP) is 3.18. The van der Waals surface area contributed by atoms with Gasteiger partial charge in [0, 0.05) is 18.0 Å². The summed E-state index contributed by atoms with van der Waals surface area (Å²) in [7, 11) is 3.19. The van der Waals surface area contributed by atoms with E-state index in [2.05, 4.69) is 10.3 Å². The van der Waals surface area contributed by atoms with Gasteiger partial charge in [-0.2, -0.15) is 0 Å². The van der Waals surface area contributed by atoms with Crippen molar-refractivity contribution in [3.05, 3.63) is 65.9 Å². The summed E-state index contributed by atoms with van der Waals surface area (Å²) >= 11 is 0. The second kappa shape index (κ2) is 7.00. The summed E-state index contributed by atoms with van der Waals surface area (Å²) in [5.74, 6) is 1.15. The largest absolute Gasteiger partial charge is 0.497 e. The Hall–Kier alpha value is -3.08. The highest BCUT2D eigenvalue weighted by Gasteiger charge is 2.09. The van der Waals surface area contributed by atoms with Crippen LogP contribution in [0.1, 0.15) is 16.1 Å². The van der Waals surface area contributed by atoms with Crippen LogP contribution in [0.2, 0.25) is 0 Å². The Bertz CT molecular complexity index is 855. The molecule has 5 nitrogen and oxygen atoms in total. The highest BCUT2D eigenvalue weighted by molar-refractivity contribution is 5.94. The molecule has 1 N–H and O–H groups in total. The Balaban J connectivity index is 1.74. The standard InChI is InChI=1S/C19H18N2O3/c1-23-15-9-13(10-16(11-15)24-2)12-20-19(22)18-8-7-14-5-3-4-6-17(14)21-18/h3-11H,12H2,1-2H3,(H,20,22). The van der Waals surface area contributed by atoms with Gasteiger partial charge in [0.15, 0.2) is 0 Å². The lowest BCUT2D eigenvalue weighted by atomic mass is 10.2. The van der Waals surface area contributed by atoms with Gasteiger partial charge in [0.2, 0.25) is 0 Å². The van der Waals surface area contributed by atoms with Crippen LogP contribution in [0.3, 0.4) is 0 Å². The van der Waals surface area contributed by atoms with E-state index in [1.165, 1.54) is 0 Å². The smallest absolute Gasteiger partial charge is 0.270 e. The molecule has 0 saturated carbocycles. The average molecular weight is 322 g/mol. The number of methoxy groups -OCH3 is 2. The van der Waals surface area contributed by atoms with E-state index in [0.717, 1.165) is 16.5 Å². The molecule has 0 spiro atoms. The van der Waals surface area contributed by atoms with E-state index in [9.17, 15) is 4.79 Å². The van der Waals surface area contributed by atoms with Crippen LogP contribution in [0.25, 0.3) is 10.9 Å². The number of nitrogens with zero attached hydrogens (tertiary/aromatic N) is 1. The number of hydrogen-bond donors (Lipinski definition) is 1. The molecule has 3 rings (SSSR count). The molecule has 2 aromatic carbocycles. The van der Waals surface area contributed by atoms with Gasteiger partial charge < -0.3 is 14.8 Å². The number of hydrogen-bond acceptors (Lipinski definition) is 4. The molecule has 0 unspecified atom stereocenters. The molecule has 5 heteroatoms. The van der Waals surface area contributed by atoms with Gasteiger partial charge >= 0.3 is 0 Å². The third-order valence-electron chi connectivity index (χ3n) is 3.70. The molecule has 24 heavy (non-hydrogen) atoms. The predicted molar refractivity (Wildman–Crippen MR) is 92.5 cm³/mol. The van der Waals surface area contributed by atoms with Gasteiger partial charge in [0.25, 0.3) is 5.91 Å². The molecular weight excluding hydrogens is 304 g/mol. The number of para-hydroxylation sites is 1. The van der Waals surface area contributed by atoms with Gasteiger partial charge in [0.05, 0.1) is 19.7 Å². The van der Waals surface area contributed by atoms with Gasteiger partial charge in [-0.1, -0.05) is 24.3 Å². The van der Waals surface area contributed by atoms with E-state index in [1.807, 2.05) is 42.5 Å². The van der Waals surface area contributed by atoms with Crippen LogP contribution < -0.4 is 14.8 Å². The van der Waals surface area contributed by atoms with E-state index < -0.39 is 0 Å². The third kappa shape index (κ3) is 3.46. The second-order valence-electron chi connectivity index (χ2n) is 5.29. The van der Waals surface area contributed by atoms with Crippen LogP contribution >= 0.6 is 0 Å². The molecule has 0 aliphatic heterocycles. The van der Waals surface area contributed by atoms with Crippen LogP contribution in [0.5, 0.6) is 11.5 Å². The Morgan fingerprint density at radius 3 is 2.42 bits per heavy atom. The molecule has 1 aromatic heterocycles. The SMILES string of the molecule is COc1cc(CNC(=O)c2ccc3ccccc3n2)cc(OC)c1. The van der Waals surface area contributed by atoms with E-state index in [4.69, 9.17) is 9.47 Å². The molecule has 3 aromatic rings. The lowest BCUT2D eigenvalue weighted by Gasteiger charge is -2.09. The molecule has 0 radical (unpaired) electrons. The summed E-state index contributed by atoms with van der Waals surface area (Å²) in [6, 6.07) is 16.8. The van der Waals surface area contributed by atoms with Crippen molar-refractivity contribution in [3.63, 3.8) is 0 Å². The average Bonchev–Trinajstić information content (AvgIpc) is 2.65. The highest BCUT2D eigenvalue weighted by atomic mass is 16.5. The maximum absolute atomic E-state index is 12.3. The van der Waals surface area contributed by atoms with Gasteiger partial charge in [0.1, 0.15) is 17.2 Å². The molecule has 0 saturated heterocycles. The fraction of sp³-hybridized carbons (Fsp3) is 0.158. The first-order valence-corrected chi connectivity index (χ1v) is 7.55. The van der Waals surface area contributed by atoms with Crippen LogP contribution in [0, 0.1) is 0 Å². The molecule has 0 bridgehead atoms. The summed E-state index contributed by atoms with van der Waals surface area (Å²) in [5.41, 5.74) is 2.08. The third-order valence-corrected chi connectivity index (χ3v) is 3.70. The second-order valence-corrected chi connectivity index (χ2v) is 5.29. The van der Waals surface area contributed by atoms with Crippen LogP contribution in [0.15, 0.2) is 54.6 Å². The first kappa shape index (κ1) is 15.8. The fourth-order valence-electron chi connectivity index (χ4n) is 2.43. The van der Waals surface area contributed by atoms with Gasteiger partial charge in [-0.15, -0.1) is 0 Å². The first-order valence-electron chi connectivity index (χ1n) is 7.55. The molecule has 0 atom stereocenters. The summed E-state index contributed by atoms with van der Waals surface area (Å²) in [5, 5.41) is 3.88. The Morgan fingerprint density at radius 2 is 1.71 bits per heavy atom. The maximum atomic E-state index is 12.3. The molecule has 1 heterocycles. The monoisotopic (exact) mass is 322 g/mol. The molecule has 1 amide bonds.